The molecule has 1 aliphatic rings. The summed E-state index contributed by atoms with van der Waals surface area (Å²) in [6.45, 7) is 4.35. The van der Waals surface area contributed by atoms with Crippen LogP contribution < -0.4 is 5.32 Å². The van der Waals surface area contributed by atoms with E-state index in [1.165, 1.54) is 0 Å². The third kappa shape index (κ3) is 4.05. The summed E-state index contributed by atoms with van der Waals surface area (Å²) in [5.74, 6) is 0.438. The van der Waals surface area contributed by atoms with Gasteiger partial charge in [-0.15, -0.1) is 0 Å². The van der Waals surface area contributed by atoms with Crippen LogP contribution in [-0.4, -0.2) is 26.3 Å². The zero-order valence-electron chi connectivity index (χ0n) is 19.0. The summed E-state index contributed by atoms with van der Waals surface area (Å²) in [6, 6.07) is 22.1. The number of para-hydroxylation sites is 2. The summed E-state index contributed by atoms with van der Waals surface area (Å²) in [5.41, 5.74) is 4.24. The average molecular weight is 473 g/mol. The van der Waals surface area contributed by atoms with E-state index in [0.717, 1.165) is 28.0 Å². The number of rotatable bonds is 5. The normalized spacial score (nSPS) is 17.6. The molecule has 34 heavy (non-hydrogen) atoms. The van der Waals surface area contributed by atoms with Gasteiger partial charge in [-0.05, 0) is 49.2 Å². The molecule has 0 aliphatic carbocycles. The third-order valence-electron chi connectivity index (χ3n) is 6.37. The molecule has 2 heterocycles. The summed E-state index contributed by atoms with van der Waals surface area (Å²) in [5, 5.41) is 3.48. The Morgan fingerprint density at radius 1 is 1.06 bits per heavy atom. The number of anilines is 1. The van der Waals surface area contributed by atoms with Crippen molar-refractivity contribution in [1.29, 1.82) is 0 Å². The Morgan fingerprint density at radius 3 is 2.56 bits per heavy atom. The van der Waals surface area contributed by atoms with Gasteiger partial charge in [-0.3, -0.25) is 9.59 Å². The molecule has 0 bridgehead atoms. The number of halogens is 1. The van der Waals surface area contributed by atoms with E-state index in [4.69, 9.17) is 16.6 Å². The predicted molar refractivity (Wildman–Crippen MR) is 134 cm³/mol. The maximum Gasteiger partial charge on any atom is 0.247 e. The van der Waals surface area contributed by atoms with Crippen molar-refractivity contribution < 1.29 is 9.59 Å². The van der Waals surface area contributed by atoms with E-state index in [0.29, 0.717) is 17.3 Å². The Kier molecular flexibility index (Phi) is 5.84. The Labute approximate surface area is 203 Å². The smallest absolute Gasteiger partial charge is 0.247 e. The molecule has 0 fully saturated rings. The average Bonchev–Trinajstić information content (AvgIpc) is 3.22. The zero-order valence-corrected chi connectivity index (χ0v) is 19.8. The first kappa shape index (κ1) is 22.2. The molecule has 1 N–H and O–H groups in total. The van der Waals surface area contributed by atoms with E-state index >= 15 is 0 Å². The molecule has 0 saturated carbocycles. The first-order valence-electron chi connectivity index (χ1n) is 11.3. The van der Waals surface area contributed by atoms with Gasteiger partial charge in [0.1, 0.15) is 11.9 Å². The Morgan fingerprint density at radius 2 is 1.79 bits per heavy atom. The topological polar surface area (TPSA) is 67.2 Å². The first-order valence-corrected chi connectivity index (χ1v) is 11.7. The fourth-order valence-electron chi connectivity index (χ4n) is 4.55. The Bertz CT molecular complexity index is 1380. The van der Waals surface area contributed by atoms with Gasteiger partial charge >= 0.3 is 0 Å². The number of hydrogen-bond acceptors (Lipinski definition) is 3. The molecule has 6 nitrogen and oxygen atoms in total. The van der Waals surface area contributed by atoms with Crippen LogP contribution in [0.4, 0.5) is 5.69 Å². The molecule has 2 amide bonds. The van der Waals surface area contributed by atoms with Crippen LogP contribution >= 0.6 is 11.6 Å². The van der Waals surface area contributed by atoms with Gasteiger partial charge in [0, 0.05) is 17.3 Å². The number of nitrogens with zero attached hydrogens (tertiary/aromatic N) is 3. The molecule has 5 rings (SSSR count). The van der Waals surface area contributed by atoms with Gasteiger partial charge in [-0.25, -0.2) is 4.98 Å². The second kappa shape index (κ2) is 8.95. The van der Waals surface area contributed by atoms with E-state index in [2.05, 4.69) is 5.32 Å². The number of aryl methyl sites for hydroxylation is 1. The largest absolute Gasteiger partial charge is 0.327 e. The summed E-state index contributed by atoms with van der Waals surface area (Å²) in [6.07, 6.45) is -0.00427. The highest BCUT2D eigenvalue weighted by atomic mass is 35.5. The molecule has 1 aliphatic heterocycles. The zero-order chi connectivity index (χ0) is 23.8. The van der Waals surface area contributed by atoms with E-state index in [9.17, 15) is 9.59 Å². The van der Waals surface area contributed by atoms with Gasteiger partial charge in [0.25, 0.3) is 0 Å². The summed E-state index contributed by atoms with van der Waals surface area (Å²) in [4.78, 5) is 33.5. The molecule has 0 radical (unpaired) electrons. The van der Waals surface area contributed by atoms with Crippen LogP contribution in [0.2, 0.25) is 5.02 Å². The molecular formula is C27H25ClN4O2. The second-order valence-corrected chi connectivity index (χ2v) is 9.10. The lowest BCUT2D eigenvalue weighted by Crippen LogP contribution is -2.45. The number of imidazole rings is 1. The van der Waals surface area contributed by atoms with Gasteiger partial charge in [-0.1, -0.05) is 60.1 Å². The van der Waals surface area contributed by atoms with Gasteiger partial charge in [0.05, 0.1) is 23.5 Å². The van der Waals surface area contributed by atoms with Crippen molar-refractivity contribution in [3.63, 3.8) is 0 Å². The van der Waals surface area contributed by atoms with Crippen molar-refractivity contribution in [2.45, 2.75) is 38.9 Å². The number of hydrogen-bond donors (Lipinski definition) is 1. The molecule has 0 saturated heterocycles. The molecule has 0 spiro atoms. The van der Waals surface area contributed by atoms with Gasteiger partial charge in [0.15, 0.2) is 0 Å². The monoisotopic (exact) mass is 472 g/mol. The maximum absolute atomic E-state index is 13.8. The lowest BCUT2D eigenvalue weighted by molar-refractivity contribution is -0.142. The van der Waals surface area contributed by atoms with Crippen LogP contribution in [0.5, 0.6) is 0 Å². The lowest BCUT2D eigenvalue weighted by atomic mass is 10.0. The summed E-state index contributed by atoms with van der Waals surface area (Å²) < 4.78 is 1.94. The molecule has 172 valence electrons. The number of amides is 2. The number of benzene rings is 3. The standard InChI is InChI=1S/C27H25ClN4O2/c1-17-12-13-20(14-21(17)28)29-25(33)15-24-27(34)31(16-19-8-4-3-5-9-19)18(2)26-30-22-10-6-7-11-23(22)32(24)26/h3-14,18,24H,15-16H2,1-2H3,(H,29,33)/t18-,24+/m1/s1. The van der Waals surface area contributed by atoms with Crippen molar-refractivity contribution in [1.82, 2.24) is 14.5 Å². The Hall–Kier alpha value is -3.64. The highest BCUT2D eigenvalue weighted by molar-refractivity contribution is 6.31. The number of carbonyl (C=O) groups is 2. The van der Waals surface area contributed by atoms with E-state index in [-0.39, 0.29) is 24.3 Å². The minimum Gasteiger partial charge on any atom is -0.327 e. The number of nitrogens with one attached hydrogen (secondary N) is 1. The lowest BCUT2D eigenvalue weighted by Gasteiger charge is -2.38. The van der Waals surface area contributed by atoms with Crippen LogP contribution in [0.15, 0.2) is 72.8 Å². The van der Waals surface area contributed by atoms with Crippen LogP contribution in [-0.2, 0) is 16.1 Å². The van der Waals surface area contributed by atoms with Crippen LogP contribution in [0, 0.1) is 6.92 Å². The second-order valence-electron chi connectivity index (χ2n) is 8.69. The van der Waals surface area contributed by atoms with E-state index < -0.39 is 6.04 Å². The van der Waals surface area contributed by atoms with Gasteiger partial charge in [-0.2, -0.15) is 0 Å². The quantitative estimate of drug-likeness (QED) is 0.407. The van der Waals surface area contributed by atoms with Gasteiger partial charge in [0.2, 0.25) is 11.8 Å². The molecular weight excluding hydrogens is 448 g/mol. The van der Waals surface area contributed by atoms with Crippen LogP contribution in [0.25, 0.3) is 11.0 Å². The van der Waals surface area contributed by atoms with Gasteiger partial charge < -0.3 is 14.8 Å². The molecule has 4 aromatic rings. The maximum atomic E-state index is 13.8. The van der Waals surface area contributed by atoms with Crippen molar-refractivity contribution >= 4 is 40.1 Å². The summed E-state index contributed by atoms with van der Waals surface area (Å²) in [7, 11) is 0. The fourth-order valence-corrected chi connectivity index (χ4v) is 4.73. The molecule has 0 unspecified atom stereocenters. The number of fused-ring (bicyclic) bond motifs is 3. The molecule has 3 aromatic carbocycles. The van der Waals surface area contributed by atoms with E-state index in [1.54, 1.807) is 6.07 Å². The number of carbonyl (C=O) groups excluding carboxylic acids is 2. The molecule has 7 heteroatoms. The first-order chi connectivity index (χ1) is 16.4. The van der Waals surface area contributed by atoms with Crippen LogP contribution in [0.3, 0.4) is 0 Å². The highest BCUT2D eigenvalue weighted by Crippen LogP contribution is 2.37. The van der Waals surface area contributed by atoms with E-state index in [1.807, 2.05) is 90.0 Å². The van der Waals surface area contributed by atoms with Crippen LogP contribution in [0.1, 0.15) is 42.4 Å². The summed E-state index contributed by atoms with van der Waals surface area (Å²) >= 11 is 6.22. The van der Waals surface area contributed by atoms with Crippen molar-refractivity contribution in [3.8, 4) is 0 Å². The molecule has 1 aromatic heterocycles. The van der Waals surface area contributed by atoms with Crippen molar-refractivity contribution in [3.05, 3.63) is 94.8 Å². The minimum absolute atomic E-state index is 0.00427. The highest BCUT2D eigenvalue weighted by Gasteiger charge is 2.40. The van der Waals surface area contributed by atoms with Crippen molar-refractivity contribution in [2.75, 3.05) is 5.32 Å². The predicted octanol–water partition coefficient (Wildman–Crippen LogP) is 5.67. The third-order valence-corrected chi connectivity index (χ3v) is 6.78. The number of aromatic nitrogens is 2. The SMILES string of the molecule is Cc1ccc(NC(=O)C[C@H]2C(=O)N(Cc3ccccc3)[C@H](C)c3nc4ccccc4n32)cc1Cl. The fraction of sp³-hybridized carbons (Fsp3) is 0.222. The molecule has 2 atom stereocenters. The Balaban J connectivity index is 1.50. The minimum atomic E-state index is -0.691. The van der Waals surface area contributed by atoms with Crippen molar-refractivity contribution in [2.24, 2.45) is 0 Å².